The average molecular weight is 487 g/mol. The highest BCUT2D eigenvalue weighted by atomic mass is 79.9. The number of benzene rings is 3. The number of ether oxygens (including phenoxy) is 3. The predicted molar refractivity (Wildman–Crippen MR) is 119 cm³/mol. The van der Waals surface area contributed by atoms with Crippen LogP contribution in [0.25, 0.3) is 10.8 Å². The number of nitrogens with one attached hydrogen (secondary N) is 1. The first-order valence-corrected chi connectivity index (χ1v) is 9.84. The lowest BCUT2D eigenvalue weighted by Gasteiger charge is -2.11. The summed E-state index contributed by atoms with van der Waals surface area (Å²) in [6, 6.07) is 14.4. The van der Waals surface area contributed by atoms with Gasteiger partial charge in [-0.2, -0.15) is 5.10 Å². The Morgan fingerprint density at radius 3 is 2.35 bits per heavy atom. The second kappa shape index (κ2) is 9.94. The van der Waals surface area contributed by atoms with Crippen LogP contribution >= 0.6 is 15.9 Å². The zero-order valence-electron chi connectivity index (χ0n) is 16.7. The lowest BCUT2D eigenvalue weighted by molar-refractivity contribution is -0.139. The molecule has 0 saturated carbocycles. The minimum atomic E-state index is -1.10. The molecule has 0 aliphatic heterocycles. The quantitative estimate of drug-likeness (QED) is 0.370. The van der Waals surface area contributed by atoms with E-state index in [0.29, 0.717) is 27.1 Å². The van der Waals surface area contributed by atoms with Crippen molar-refractivity contribution in [1.29, 1.82) is 0 Å². The van der Waals surface area contributed by atoms with Crippen molar-refractivity contribution < 1.29 is 28.9 Å². The first-order chi connectivity index (χ1) is 14.9. The SMILES string of the molecule is COc1cc(C=NNC(=O)c2cc3ccccc3cc2OC)c(Br)cc1OCC(=O)O. The van der Waals surface area contributed by atoms with E-state index in [-0.39, 0.29) is 5.75 Å². The third-order valence-electron chi connectivity index (χ3n) is 4.32. The van der Waals surface area contributed by atoms with Gasteiger partial charge in [-0.25, -0.2) is 10.2 Å². The highest BCUT2D eigenvalue weighted by Crippen LogP contribution is 2.33. The molecule has 0 aliphatic rings. The number of methoxy groups -OCH3 is 2. The predicted octanol–water partition coefficient (Wildman–Crippen LogP) is 3.85. The molecule has 0 heterocycles. The number of carbonyl (C=O) groups excluding carboxylic acids is 1. The van der Waals surface area contributed by atoms with E-state index in [1.54, 1.807) is 24.3 Å². The minimum absolute atomic E-state index is 0.263. The van der Waals surface area contributed by atoms with Crippen molar-refractivity contribution in [3.63, 3.8) is 0 Å². The summed E-state index contributed by atoms with van der Waals surface area (Å²) in [5.41, 5.74) is 3.43. The Morgan fingerprint density at radius 1 is 1.03 bits per heavy atom. The van der Waals surface area contributed by atoms with Crippen molar-refractivity contribution >= 4 is 44.8 Å². The van der Waals surface area contributed by atoms with Gasteiger partial charge >= 0.3 is 5.97 Å². The third-order valence-corrected chi connectivity index (χ3v) is 5.00. The van der Waals surface area contributed by atoms with Gasteiger partial charge in [-0.3, -0.25) is 4.79 Å². The second-order valence-corrected chi connectivity index (χ2v) is 7.16. The molecule has 0 unspecified atom stereocenters. The number of nitrogens with zero attached hydrogens (tertiary/aromatic N) is 1. The Morgan fingerprint density at radius 2 is 1.71 bits per heavy atom. The van der Waals surface area contributed by atoms with Crippen LogP contribution in [0.1, 0.15) is 15.9 Å². The molecule has 9 heteroatoms. The normalized spacial score (nSPS) is 10.8. The molecular weight excluding hydrogens is 468 g/mol. The molecule has 0 saturated heterocycles. The largest absolute Gasteiger partial charge is 0.496 e. The number of hydrazone groups is 1. The van der Waals surface area contributed by atoms with Crippen molar-refractivity contribution in [1.82, 2.24) is 5.43 Å². The molecular formula is C22H19BrN2O6. The van der Waals surface area contributed by atoms with Crippen LogP contribution in [0.5, 0.6) is 17.2 Å². The van der Waals surface area contributed by atoms with Crippen LogP contribution in [0.3, 0.4) is 0 Å². The van der Waals surface area contributed by atoms with Gasteiger partial charge < -0.3 is 19.3 Å². The molecule has 3 rings (SSSR count). The summed E-state index contributed by atoms with van der Waals surface area (Å²) in [5.74, 6) is -0.500. The van der Waals surface area contributed by atoms with Crippen molar-refractivity contribution in [2.75, 3.05) is 20.8 Å². The second-order valence-electron chi connectivity index (χ2n) is 6.31. The van der Waals surface area contributed by atoms with Gasteiger partial charge in [0.2, 0.25) is 0 Å². The number of fused-ring (bicyclic) bond motifs is 1. The van der Waals surface area contributed by atoms with Crippen LogP contribution in [0, 0.1) is 0 Å². The lowest BCUT2D eigenvalue weighted by atomic mass is 10.1. The molecule has 2 N–H and O–H groups in total. The highest BCUT2D eigenvalue weighted by molar-refractivity contribution is 9.10. The summed E-state index contributed by atoms with van der Waals surface area (Å²) >= 11 is 3.37. The number of carboxylic acids is 1. The van der Waals surface area contributed by atoms with E-state index in [4.69, 9.17) is 19.3 Å². The van der Waals surface area contributed by atoms with Gasteiger partial charge in [0.1, 0.15) is 5.75 Å². The van der Waals surface area contributed by atoms with E-state index in [1.165, 1.54) is 20.4 Å². The number of aliphatic carboxylic acids is 1. The fourth-order valence-electron chi connectivity index (χ4n) is 2.85. The van der Waals surface area contributed by atoms with Gasteiger partial charge in [0.25, 0.3) is 5.91 Å². The molecule has 0 fully saturated rings. The van der Waals surface area contributed by atoms with Crippen LogP contribution in [-0.4, -0.2) is 44.0 Å². The van der Waals surface area contributed by atoms with E-state index >= 15 is 0 Å². The van der Waals surface area contributed by atoms with E-state index < -0.39 is 18.5 Å². The first-order valence-electron chi connectivity index (χ1n) is 9.05. The van der Waals surface area contributed by atoms with Gasteiger partial charge in [0.15, 0.2) is 18.1 Å². The van der Waals surface area contributed by atoms with Crippen molar-refractivity contribution in [2.45, 2.75) is 0 Å². The van der Waals surface area contributed by atoms with Crippen LogP contribution in [0.15, 0.2) is 58.1 Å². The summed E-state index contributed by atoms with van der Waals surface area (Å²) < 4.78 is 16.4. The Hall–Kier alpha value is -3.59. The number of amides is 1. The van der Waals surface area contributed by atoms with Gasteiger partial charge in [-0.1, -0.05) is 24.3 Å². The molecule has 31 heavy (non-hydrogen) atoms. The van der Waals surface area contributed by atoms with E-state index in [0.717, 1.165) is 10.8 Å². The van der Waals surface area contributed by atoms with Crippen molar-refractivity contribution in [3.05, 3.63) is 64.1 Å². The molecule has 1 amide bonds. The Balaban J connectivity index is 1.79. The van der Waals surface area contributed by atoms with Crippen LogP contribution < -0.4 is 19.6 Å². The average Bonchev–Trinajstić information content (AvgIpc) is 2.77. The van der Waals surface area contributed by atoms with E-state index in [1.807, 2.05) is 24.3 Å². The topological polar surface area (TPSA) is 106 Å². The minimum Gasteiger partial charge on any atom is -0.496 e. The fourth-order valence-corrected chi connectivity index (χ4v) is 3.27. The summed E-state index contributed by atoms with van der Waals surface area (Å²) in [4.78, 5) is 23.4. The molecule has 0 aliphatic carbocycles. The maximum atomic E-state index is 12.7. The summed E-state index contributed by atoms with van der Waals surface area (Å²) in [5, 5.41) is 14.6. The molecule has 8 nitrogen and oxygen atoms in total. The van der Waals surface area contributed by atoms with Crippen molar-refractivity contribution in [3.8, 4) is 17.2 Å². The van der Waals surface area contributed by atoms with Gasteiger partial charge in [0.05, 0.1) is 26.0 Å². The number of hydrogen-bond donors (Lipinski definition) is 2. The standard InChI is InChI=1S/C22H19BrN2O6/c1-29-18-8-14-6-4-3-5-13(14)7-16(18)22(28)25-24-11-15-9-19(30-2)20(10-17(15)23)31-12-21(26)27/h3-11H,12H2,1-2H3,(H,25,28)(H,26,27). The number of carbonyl (C=O) groups is 2. The monoisotopic (exact) mass is 486 g/mol. The Labute approximate surface area is 186 Å². The van der Waals surface area contributed by atoms with Gasteiger partial charge in [-0.05, 0) is 51.0 Å². The van der Waals surface area contributed by atoms with Crippen LogP contribution in [-0.2, 0) is 4.79 Å². The summed E-state index contributed by atoms with van der Waals surface area (Å²) in [6.45, 7) is -0.500. The molecule has 0 radical (unpaired) electrons. The number of carboxylic acid groups (broad SMARTS) is 1. The van der Waals surface area contributed by atoms with Crippen molar-refractivity contribution in [2.24, 2.45) is 5.10 Å². The maximum Gasteiger partial charge on any atom is 0.341 e. The summed E-state index contributed by atoms with van der Waals surface area (Å²) in [7, 11) is 2.94. The smallest absolute Gasteiger partial charge is 0.341 e. The number of hydrogen-bond acceptors (Lipinski definition) is 6. The van der Waals surface area contributed by atoms with Gasteiger partial charge in [0, 0.05) is 10.0 Å². The lowest BCUT2D eigenvalue weighted by Crippen LogP contribution is -2.18. The number of rotatable bonds is 8. The zero-order chi connectivity index (χ0) is 22.4. The van der Waals surface area contributed by atoms with Crippen LogP contribution in [0.2, 0.25) is 0 Å². The fraction of sp³-hybridized carbons (Fsp3) is 0.136. The molecule has 3 aromatic rings. The molecule has 0 aromatic heterocycles. The first kappa shape index (κ1) is 22.1. The van der Waals surface area contributed by atoms with E-state index in [2.05, 4.69) is 26.5 Å². The molecule has 160 valence electrons. The van der Waals surface area contributed by atoms with E-state index in [9.17, 15) is 9.59 Å². The number of halogens is 1. The maximum absolute atomic E-state index is 12.7. The zero-order valence-corrected chi connectivity index (χ0v) is 18.3. The molecule has 0 bridgehead atoms. The molecule has 0 atom stereocenters. The third kappa shape index (κ3) is 5.32. The molecule has 3 aromatic carbocycles. The van der Waals surface area contributed by atoms with Gasteiger partial charge in [-0.15, -0.1) is 0 Å². The Kier molecular flexibility index (Phi) is 7.09. The summed E-state index contributed by atoms with van der Waals surface area (Å²) in [6.07, 6.45) is 1.43. The Bertz CT molecular complexity index is 1160. The highest BCUT2D eigenvalue weighted by Gasteiger charge is 2.14. The molecule has 0 spiro atoms. The van der Waals surface area contributed by atoms with Crippen LogP contribution in [0.4, 0.5) is 0 Å².